The van der Waals surface area contributed by atoms with E-state index in [2.05, 4.69) is 5.32 Å². The number of benzene rings is 1. The maximum Gasteiger partial charge on any atom is 0.239 e. The van der Waals surface area contributed by atoms with Gasteiger partial charge in [-0.1, -0.05) is 12.1 Å². The third-order valence-electron chi connectivity index (χ3n) is 3.53. The fraction of sp³-hybridized carbons (Fsp3) is 0.533. The zero-order chi connectivity index (χ0) is 14.5. The van der Waals surface area contributed by atoms with Crippen molar-refractivity contribution in [2.24, 2.45) is 0 Å². The molecule has 1 saturated heterocycles. The quantitative estimate of drug-likeness (QED) is 0.908. The molecule has 0 bridgehead atoms. The number of ether oxygens (including phenoxy) is 1. The second kappa shape index (κ2) is 6.81. The van der Waals surface area contributed by atoms with E-state index in [1.54, 1.807) is 19.1 Å². The Morgan fingerprint density at radius 3 is 2.80 bits per heavy atom. The molecule has 1 aliphatic rings. The van der Waals surface area contributed by atoms with Crippen molar-refractivity contribution in [3.05, 3.63) is 35.1 Å². The van der Waals surface area contributed by atoms with Crippen molar-refractivity contribution in [3.8, 4) is 0 Å². The Bertz CT molecular complexity index is 473. The average Bonchev–Trinajstić information content (AvgIpc) is 2.48. The molecule has 0 aromatic heterocycles. The number of nitrogens with zero attached hydrogens (tertiary/aromatic N) is 1. The lowest BCUT2D eigenvalue weighted by Gasteiger charge is -2.29. The highest BCUT2D eigenvalue weighted by atomic mass is 19.1. The van der Waals surface area contributed by atoms with Gasteiger partial charge in [0.1, 0.15) is 5.82 Å². The van der Waals surface area contributed by atoms with Crippen LogP contribution in [0, 0.1) is 12.7 Å². The van der Waals surface area contributed by atoms with Crippen LogP contribution in [0.3, 0.4) is 0 Å². The van der Waals surface area contributed by atoms with E-state index in [0.29, 0.717) is 38.4 Å². The average molecular weight is 280 g/mol. The zero-order valence-electron chi connectivity index (χ0n) is 12.0. The molecule has 1 amide bonds. The van der Waals surface area contributed by atoms with Crippen molar-refractivity contribution in [1.29, 1.82) is 0 Å². The fourth-order valence-corrected chi connectivity index (χ4v) is 2.23. The molecule has 1 heterocycles. The molecule has 20 heavy (non-hydrogen) atoms. The fourth-order valence-electron chi connectivity index (χ4n) is 2.23. The highest BCUT2D eigenvalue weighted by Gasteiger charge is 2.21. The summed E-state index contributed by atoms with van der Waals surface area (Å²) in [5, 5.41) is 3.19. The molecule has 0 radical (unpaired) electrons. The number of nitrogens with one attached hydrogen (secondary N) is 1. The van der Waals surface area contributed by atoms with Gasteiger partial charge < -0.3 is 15.0 Å². The van der Waals surface area contributed by atoms with Gasteiger partial charge in [0.05, 0.1) is 19.3 Å². The van der Waals surface area contributed by atoms with Gasteiger partial charge in [0.15, 0.2) is 0 Å². The Morgan fingerprint density at radius 1 is 1.45 bits per heavy atom. The molecular formula is C15H21FN2O2. The van der Waals surface area contributed by atoms with Gasteiger partial charge in [-0.2, -0.15) is 0 Å². The van der Waals surface area contributed by atoms with E-state index < -0.39 is 0 Å². The van der Waals surface area contributed by atoms with E-state index in [4.69, 9.17) is 4.74 Å². The summed E-state index contributed by atoms with van der Waals surface area (Å²) in [7, 11) is 0. The van der Waals surface area contributed by atoms with Crippen LogP contribution in [0.15, 0.2) is 18.2 Å². The number of halogens is 1. The smallest absolute Gasteiger partial charge is 0.239 e. The van der Waals surface area contributed by atoms with Gasteiger partial charge in [-0.25, -0.2) is 4.39 Å². The number of hydrogen-bond acceptors (Lipinski definition) is 3. The summed E-state index contributed by atoms with van der Waals surface area (Å²) < 4.78 is 18.4. The van der Waals surface area contributed by atoms with Crippen LogP contribution < -0.4 is 5.32 Å². The minimum Gasteiger partial charge on any atom is -0.378 e. The summed E-state index contributed by atoms with van der Waals surface area (Å²) in [6.07, 6.45) is 0. The maximum atomic E-state index is 13.2. The van der Waals surface area contributed by atoms with E-state index >= 15 is 0 Å². The number of carbonyl (C=O) groups excluding carboxylic acids is 1. The zero-order valence-corrected chi connectivity index (χ0v) is 12.0. The molecule has 1 aromatic carbocycles. The number of hydrogen-bond donors (Lipinski definition) is 1. The predicted octanol–water partition coefficient (Wildman–Crippen LogP) is 1.47. The molecule has 0 saturated carbocycles. The molecule has 1 atom stereocenters. The first-order valence-electron chi connectivity index (χ1n) is 6.93. The highest BCUT2D eigenvalue weighted by Crippen LogP contribution is 2.09. The van der Waals surface area contributed by atoms with E-state index in [0.717, 1.165) is 5.56 Å². The molecule has 1 fully saturated rings. The Labute approximate surface area is 118 Å². The minimum atomic E-state index is -0.251. The van der Waals surface area contributed by atoms with Gasteiger partial charge in [-0.3, -0.25) is 4.79 Å². The lowest BCUT2D eigenvalue weighted by Crippen LogP contribution is -2.49. The molecule has 1 aliphatic heterocycles. The lowest BCUT2D eigenvalue weighted by atomic mass is 10.1. The van der Waals surface area contributed by atoms with Gasteiger partial charge >= 0.3 is 0 Å². The van der Waals surface area contributed by atoms with E-state index in [1.165, 1.54) is 6.07 Å². The molecule has 0 spiro atoms. The second-order valence-corrected chi connectivity index (χ2v) is 5.12. The summed E-state index contributed by atoms with van der Waals surface area (Å²) in [4.78, 5) is 14.0. The molecular weight excluding hydrogens is 259 g/mol. The predicted molar refractivity (Wildman–Crippen MR) is 74.8 cm³/mol. The van der Waals surface area contributed by atoms with Gasteiger partial charge in [-0.15, -0.1) is 0 Å². The number of carbonyl (C=O) groups is 1. The minimum absolute atomic E-state index is 0.0899. The van der Waals surface area contributed by atoms with Crippen LogP contribution in [0.2, 0.25) is 0 Å². The van der Waals surface area contributed by atoms with Crippen molar-refractivity contribution in [1.82, 2.24) is 10.2 Å². The van der Waals surface area contributed by atoms with Crippen LogP contribution in [-0.2, 0) is 16.1 Å². The normalized spacial score (nSPS) is 17.1. The Morgan fingerprint density at radius 2 is 2.15 bits per heavy atom. The van der Waals surface area contributed by atoms with E-state index in [-0.39, 0.29) is 17.8 Å². The number of morpholine rings is 1. The van der Waals surface area contributed by atoms with Crippen LogP contribution in [0.4, 0.5) is 4.39 Å². The first-order valence-corrected chi connectivity index (χ1v) is 6.93. The van der Waals surface area contributed by atoms with Gasteiger partial charge in [0.2, 0.25) is 5.91 Å². The third-order valence-corrected chi connectivity index (χ3v) is 3.53. The first-order chi connectivity index (χ1) is 9.58. The molecule has 1 aromatic rings. The standard InChI is InChI=1S/C15H21FN2O2/c1-11-9-13(3-4-14(11)16)10-17-12(2)15(19)18-5-7-20-8-6-18/h3-4,9,12,17H,5-8,10H2,1-2H3. The van der Waals surface area contributed by atoms with Crippen LogP contribution in [0.5, 0.6) is 0 Å². The molecule has 110 valence electrons. The largest absolute Gasteiger partial charge is 0.378 e. The van der Waals surface area contributed by atoms with Gasteiger partial charge in [0.25, 0.3) is 0 Å². The van der Waals surface area contributed by atoms with Crippen LogP contribution >= 0.6 is 0 Å². The maximum absolute atomic E-state index is 13.2. The van der Waals surface area contributed by atoms with Crippen molar-refractivity contribution in [2.75, 3.05) is 26.3 Å². The monoisotopic (exact) mass is 280 g/mol. The highest BCUT2D eigenvalue weighted by molar-refractivity contribution is 5.81. The Hall–Kier alpha value is -1.46. The number of aryl methyl sites for hydroxylation is 1. The van der Waals surface area contributed by atoms with Crippen molar-refractivity contribution in [3.63, 3.8) is 0 Å². The van der Waals surface area contributed by atoms with Crippen molar-refractivity contribution in [2.45, 2.75) is 26.4 Å². The second-order valence-electron chi connectivity index (χ2n) is 5.12. The molecule has 1 N–H and O–H groups in total. The van der Waals surface area contributed by atoms with Crippen molar-refractivity contribution >= 4 is 5.91 Å². The molecule has 2 rings (SSSR count). The molecule has 5 heteroatoms. The number of rotatable bonds is 4. The summed E-state index contributed by atoms with van der Waals surface area (Å²) in [6.45, 7) is 6.67. The van der Waals surface area contributed by atoms with Gasteiger partial charge in [-0.05, 0) is 31.0 Å². The molecule has 4 nitrogen and oxygen atoms in total. The van der Waals surface area contributed by atoms with Gasteiger partial charge in [0, 0.05) is 19.6 Å². The summed E-state index contributed by atoms with van der Waals surface area (Å²) in [5.74, 6) is -0.113. The van der Waals surface area contributed by atoms with Crippen LogP contribution in [0.1, 0.15) is 18.1 Å². The lowest BCUT2D eigenvalue weighted by molar-refractivity contribution is -0.137. The first kappa shape index (κ1) is 14.9. The third kappa shape index (κ3) is 3.77. The van der Waals surface area contributed by atoms with Crippen LogP contribution in [-0.4, -0.2) is 43.2 Å². The van der Waals surface area contributed by atoms with E-state index in [1.807, 2.05) is 11.8 Å². The molecule has 0 aliphatic carbocycles. The van der Waals surface area contributed by atoms with Crippen LogP contribution in [0.25, 0.3) is 0 Å². The van der Waals surface area contributed by atoms with E-state index in [9.17, 15) is 9.18 Å². The Kier molecular flexibility index (Phi) is 5.09. The summed E-state index contributed by atoms with van der Waals surface area (Å²) >= 11 is 0. The molecule has 1 unspecified atom stereocenters. The van der Waals surface area contributed by atoms with Crippen molar-refractivity contribution < 1.29 is 13.9 Å². The SMILES string of the molecule is Cc1cc(CNC(C)C(=O)N2CCOCC2)ccc1F. The summed E-state index contributed by atoms with van der Waals surface area (Å²) in [5.41, 5.74) is 1.60. The Balaban J connectivity index is 1.85. The topological polar surface area (TPSA) is 41.6 Å². The summed E-state index contributed by atoms with van der Waals surface area (Å²) in [6, 6.07) is 4.74. The number of amides is 1.